The van der Waals surface area contributed by atoms with E-state index in [1.165, 1.54) is 19.3 Å². The first-order chi connectivity index (χ1) is 8.08. The molecule has 1 aliphatic carbocycles. The quantitative estimate of drug-likeness (QED) is 0.851. The monoisotopic (exact) mass is 268 g/mol. The van der Waals surface area contributed by atoms with Gasteiger partial charge in [-0.1, -0.05) is 30.2 Å². The second kappa shape index (κ2) is 5.23. The molecule has 1 aliphatic rings. The number of anilines is 1. The topological polar surface area (TPSA) is 29.3 Å². The van der Waals surface area contributed by atoms with Crippen LogP contribution in [0.2, 0.25) is 5.02 Å². The minimum Gasteiger partial charge on any atom is -0.389 e. The van der Waals surface area contributed by atoms with E-state index in [0.717, 1.165) is 23.7 Å². The number of nitrogens with two attached hydrogens (primary N) is 1. The van der Waals surface area contributed by atoms with Crippen LogP contribution in [0.5, 0.6) is 0 Å². The van der Waals surface area contributed by atoms with Crippen molar-refractivity contribution in [2.24, 2.45) is 11.7 Å². The van der Waals surface area contributed by atoms with E-state index in [1.54, 1.807) is 0 Å². The van der Waals surface area contributed by atoms with Crippen LogP contribution in [0.4, 0.5) is 5.69 Å². The fourth-order valence-corrected chi connectivity index (χ4v) is 2.62. The highest BCUT2D eigenvalue weighted by Gasteiger charge is 2.19. The first-order valence-electron chi connectivity index (χ1n) is 5.88. The molecule has 4 heteroatoms. The van der Waals surface area contributed by atoms with Crippen molar-refractivity contribution in [3.05, 3.63) is 28.8 Å². The molecule has 0 atom stereocenters. The highest BCUT2D eigenvalue weighted by atomic mass is 35.5. The van der Waals surface area contributed by atoms with Crippen LogP contribution >= 0.6 is 23.8 Å². The van der Waals surface area contributed by atoms with Gasteiger partial charge in [0.2, 0.25) is 0 Å². The number of hydrogen-bond donors (Lipinski definition) is 1. The Hall–Kier alpha value is -0.800. The highest BCUT2D eigenvalue weighted by Crippen LogP contribution is 2.29. The van der Waals surface area contributed by atoms with Crippen LogP contribution in [0.3, 0.4) is 0 Å². The number of hydrogen-bond acceptors (Lipinski definition) is 2. The molecule has 0 bridgehead atoms. The summed E-state index contributed by atoms with van der Waals surface area (Å²) in [6, 6.07) is 5.87. The van der Waals surface area contributed by atoms with Gasteiger partial charge in [0.25, 0.3) is 0 Å². The van der Waals surface area contributed by atoms with Crippen LogP contribution in [0.15, 0.2) is 18.2 Å². The Morgan fingerprint density at radius 2 is 2.24 bits per heavy atom. The molecular weight excluding hydrogens is 252 g/mol. The first-order valence-corrected chi connectivity index (χ1v) is 6.67. The van der Waals surface area contributed by atoms with E-state index >= 15 is 0 Å². The third-order valence-electron chi connectivity index (χ3n) is 3.42. The van der Waals surface area contributed by atoms with Crippen molar-refractivity contribution in [2.75, 3.05) is 18.5 Å². The third-order valence-corrected chi connectivity index (χ3v) is 3.95. The summed E-state index contributed by atoms with van der Waals surface area (Å²) in [7, 11) is 2.10. The number of thiocarbonyl (C=S) groups is 1. The summed E-state index contributed by atoms with van der Waals surface area (Å²) in [5, 5.41) is 0.635. The lowest BCUT2D eigenvalue weighted by Gasteiger charge is -2.31. The third kappa shape index (κ3) is 2.90. The summed E-state index contributed by atoms with van der Waals surface area (Å²) in [5.41, 5.74) is 7.46. The Kier molecular flexibility index (Phi) is 3.89. The Morgan fingerprint density at radius 1 is 1.53 bits per heavy atom. The Bertz CT molecular complexity index is 429. The Balaban J connectivity index is 2.10. The average Bonchev–Trinajstić information content (AvgIpc) is 2.22. The second-order valence-electron chi connectivity index (χ2n) is 4.71. The molecule has 0 aliphatic heterocycles. The predicted octanol–water partition coefficient (Wildman–Crippen LogP) is 3.21. The Morgan fingerprint density at radius 3 is 2.71 bits per heavy atom. The van der Waals surface area contributed by atoms with E-state index in [4.69, 9.17) is 29.6 Å². The molecule has 0 unspecified atom stereocenters. The van der Waals surface area contributed by atoms with E-state index in [0.29, 0.717) is 10.0 Å². The van der Waals surface area contributed by atoms with Gasteiger partial charge < -0.3 is 10.6 Å². The van der Waals surface area contributed by atoms with Gasteiger partial charge in [-0.05, 0) is 37.0 Å². The molecule has 1 aromatic carbocycles. The maximum absolute atomic E-state index is 6.16. The molecule has 0 heterocycles. The van der Waals surface area contributed by atoms with Gasteiger partial charge in [-0.2, -0.15) is 0 Å². The predicted molar refractivity (Wildman–Crippen MR) is 78.0 cm³/mol. The average molecular weight is 269 g/mol. The van der Waals surface area contributed by atoms with Crippen molar-refractivity contribution in [1.29, 1.82) is 0 Å². The smallest absolute Gasteiger partial charge is 0.105 e. The van der Waals surface area contributed by atoms with Crippen LogP contribution in [0.25, 0.3) is 0 Å². The molecule has 0 aromatic heterocycles. The molecule has 0 amide bonds. The number of rotatable bonds is 4. The van der Waals surface area contributed by atoms with E-state index in [9.17, 15) is 0 Å². The van der Waals surface area contributed by atoms with Crippen LogP contribution in [0, 0.1) is 5.92 Å². The molecule has 0 saturated heterocycles. The molecule has 92 valence electrons. The lowest BCUT2D eigenvalue weighted by molar-refractivity contribution is 0.321. The minimum atomic E-state index is 0.350. The van der Waals surface area contributed by atoms with Gasteiger partial charge in [0, 0.05) is 24.8 Å². The molecule has 1 fully saturated rings. The maximum Gasteiger partial charge on any atom is 0.105 e. The fourth-order valence-electron chi connectivity index (χ4n) is 2.11. The number of nitrogens with zero attached hydrogens (tertiary/aromatic N) is 1. The van der Waals surface area contributed by atoms with Crippen LogP contribution in [-0.2, 0) is 0 Å². The van der Waals surface area contributed by atoms with Gasteiger partial charge >= 0.3 is 0 Å². The van der Waals surface area contributed by atoms with Gasteiger partial charge in [0.15, 0.2) is 0 Å². The molecular formula is C13H17ClN2S. The summed E-state index contributed by atoms with van der Waals surface area (Å²) in [5.74, 6) is 0.842. The van der Waals surface area contributed by atoms with Gasteiger partial charge in [0.1, 0.15) is 4.99 Å². The fraction of sp³-hybridized carbons (Fsp3) is 0.462. The van der Waals surface area contributed by atoms with E-state index in [1.807, 2.05) is 18.2 Å². The van der Waals surface area contributed by atoms with E-state index < -0.39 is 0 Å². The zero-order chi connectivity index (χ0) is 12.4. The SMILES string of the molecule is CN(CC1CCC1)c1ccc(C(N)=S)c(Cl)c1. The van der Waals surface area contributed by atoms with Crippen LogP contribution < -0.4 is 10.6 Å². The van der Waals surface area contributed by atoms with Crippen molar-refractivity contribution < 1.29 is 0 Å². The van der Waals surface area contributed by atoms with Gasteiger partial charge in [-0.3, -0.25) is 0 Å². The lowest BCUT2D eigenvalue weighted by Crippen LogP contribution is -2.29. The summed E-state index contributed by atoms with van der Waals surface area (Å²) in [6.07, 6.45) is 4.08. The van der Waals surface area contributed by atoms with Gasteiger partial charge in [-0.15, -0.1) is 0 Å². The van der Waals surface area contributed by atoms with Gasteiger partial charge in [-0.25, -0.2) is 0 Å². The molecule has 1 saturated carbocycles. The molecule has 1 aromatic rings. The molecule has 0 spiro atoms. The summed E-state index contributed by atoms with van der Waals surface area (Å²) >= 11 is 11.1. The van der Waals surface area contributed by atoms with Crippen molar-refractivity contribution in [3.8, 4) is 0 Å². The largest absolute Gasteiger partial charge is 0.389 e. The van der Waals surface area contributed by atoms with Crippen LogP contribution in [0.1, 0.15) is 24.8 Å². The van der Waals surface area contributed by atoms with Crippen molar-refractivity contribution in [2.45, 2.75) is 19.3 Å². The zero-order valence-corrected chi connectivity index (χ0v) is 11.5. The second-order valence-corrected chi connectivity index (χ2v) is 5.55. The molecule has 17 heavy (non-hydrogen) atoms. The summed E-state index contributed by atoms with van der Waals surface area (Å²) in [4.78, 5) is 2.60. The van der Waals surface area contributed by atoms with Crippen LogP contribution in [-0.4, -0.2) is 18.6 Å². The molecule has 2 N–H and O–H groups in total. The lowest BCUT2D eigenvalue weighted by atomic mass is 9.85. The molecule has 0 radical (unpaired) electrons. The number of benzene rings is 1. The van der Waals surface area contributed by atoms with Crippen molar-refractivity contribution in [3.63, 3.8) is 0 Å². The zero-order valence-electron chi connectivity index (χ0n) is 9.95. The standard InChI is InChI=1S/C13H17ClN2S/c1-16(8-9-3-2-4-9)10-5-6-11(13(15)17)12(14)7-10/h5-7,9H,2-4,8H2,1H3,(H2,15,17). The van der Waals surface area contributed by atoms with E-state index in [-0.39, 0.29) is 0 Å². The minimum absolute atomic E-state index is 0.350. The Labute approximate surface area is 113 Å². The summed E-state index contributed by atoms with van der Waals surface area (Å²) < 4.78 is 0. The van der Waals surface area contributed by atoms with Gasteiger partial charge in [0.05, 0.1) is 5.02 Å². The van der Waals surface area contributed by atoms with E-state index in [2.05, 4.69) is 11.9 Å². The highest BCUT2D eigenvalue weighted by molar-refractivity contribution is 7.80. The molecule has 2 nitrogen and oxygen atoms in total. The van der Waals surface area contributed by atoms with Crippen molar-refractivity contribution >= 4 is 34.5 Å². The molecule has 2 rings (SSSR count). The maximum atomic E-state index is 6.16. The summed E-state index contributed by atoms with van der Waals surface area (Å²) in [6.45, 7) is 1.10. The normalized spacial score (nSPS) is 15.4. The van der Waals surface area contributed by atoms with Crippen molar-refractivity contribution in [1.82, 2.24) is 0 Å². The first kappa shape index (κ1) is 12.7. The number of halogens is 1.